The minimum atomic E-state index is 0.297. The van der Waals surface area contributed by atoms with E-state index in [0.717, 1.165) is 36.4 Å². The summed E-state index contributed by atoms with van der Waals surface area (Å²) in [6.45, 7) is 8.49. The predicted octanol–water partition coefficient (Wildman–Crippen LogP) is 4.04. The van der Waals surface area contributed by atoms with Crippen LogP contribution >= 0.6 is 0 Å². The summed E-state index contributed by atoms with van der Waals surface area (Å²) in [7, 11) is 5.57. The molecule has 0 atom stereocenters. The molecule has 0 saturated heterocycles. The van der Waals surface area contributed by atoms with Gasteiger partial charge < -0.3 is 9.84 Å². The van der Waals surface area contributed by atoms with Gasteiger partial charge in [-0.25, -0.2) is 0 Å². The molecular weight excluding hydrogens is 309 g/mol. The van der Waals surface area contributed by atoms with Crippen molar-refractivity contribution in [2.45, 2.75) is 39.9 Å². The molecule has 2 aromatic carbocycles. The molecule has 0 aliphatic carbocycles. The Bertz CT molecular complexity index is 670. The number of rotatable bonds is 9. The van der Waals surface area contributed by atoms with E-state index in [1.807, 2.05) is 19.1 Å². The maximum atomic E-state index is 10.3. The summed E-state index contributed by atoms with van der Waals surface area (Å²) in [4.78, 5) is 2.25. The lowest BCUT2D eigenvalue weighted by Gasteiger charge is -2.22. The molecule has 0 aliphatic rings. The van der Waals surface area contributed by atoms with E-state index in [0.29, 0.717) is 25.2 Å². The largest absolute Gasteiger partial charge is 0.507 e. The summed E-state index contributed by atoms with van der Waals surface area (Å²) in [6.07, 6.45) is 2.19. The molecular formula is C21H28BNO2. The number of benzene rings is 2. The highest BCUT2D eigenvalue weighted by Crippen LogP contribution is 2.31. The van der Waals surface area contributed by atoms with Crippen molar-refractivity contribution in [3.63, 3.8) is 0 Å². The number of hydrogen-bond acceptors (Lipinski definition) is 3. The second-order valence-electron chi connectivity index (χ2n) is 6.45. The lowest BCUT2D eigenvalue weighted by atomic mass is 9.95. The first kappa shape index (κ1) is 19.4. The monoisotopic (exact) mass is 337 g/mol. The van der Waals surface area contributed by atoms with Crippen molar-refractivity contribution in [2.24, 2.45) is 0 Å². The van der Waals surface area contributed by atoms with Crippen molar-refractivity contribution in [1.29, 1.82) is 0 Å². The molecule has 0 bridgehead atoms. The fraction of sp³-hybridized carbons (Fsp3) is 0.429. The Hall–Kier alpha value is -1.94. The molecule has 25 heavy (non-hydrogen) atoms. The van der Waals surface area contributed by atoms with Crippen molar-refractivity contribution in [1.82, 2.24) is 4.90 Å². The summed E-state index contributed by atoms with van der Waals surface area (Å²) in [5, 5.41) is 10.3. The Labute approximate surface area is 153 Å². The highest BCUT2D eigenvalue weighted by Gasteiger charge is 2.11. The van der Waals surface area contributed by atoms with Gasteiger partial charge in [0, 0.05) is 12.1 Å². The van der Waals surface area contributed by atoms with E-state index in [1.165, 1.54) is 11.1 Å². The number of hydrogen-bond donors (Lipinski definition) is 1. The molecule has 0 amide bonds. The van der Waals surface area contributed by atoms with Crippen LogP contribution in [0.3, 0.4) is 0 Å². The third-order valence-electron chi connectivity index (χ3n) is 4.57. The average molecular weight is 337 g/mol. The van der Waals surface area contributed by atoms with Crippen molar-refractivity contribution >= 4 is 7.85 Å². The molecule has 2 radical (unpaired) electrons. The fourth-order valence-corrected chi connectivity index (χ4v) is 2.77. The van der Waals surface area contributed by atoms with Gasteiger partial charge in [-0.15, -0.1) is 0 Å². The molecule has 0 unspecified atom stereocenters. The van der Waals surface area contributed by atoms with Crippen molar-refractivity contribution in [2.75, 3.05) is 19.8 Å². The molecule has 1 N–H and O–H groups in total. The minimum Gasteiger partial charge on any atom is -0.507 e. The quantitative estimate of drug-likeness (QED) is 0.554. The van der Waals surface area contributed by atoms with Gasteiger partial charge in [-0.1, -0.05) is 49.1 Å². The Morgan fingerprint density at radius 1 is 1.04 bits per heavy atom. The van der Waals surface area contributed by atoms with Gasteiger partial charge >= 0.3 is 0 Å². The van der Waals surface area contributed by atoms with E-state index in [1.54, 1.807) is 0 Å². The molecule has 2 aromatic rings. The molecule has 3 nitrogen and oxygen atoms in total. The fourth-order valence-electron chi connectivity index (χ4n) is 2.77. The van der Waals surface area contributed by atoms with Crippen molar-refractivity contribution < 1.29 is 9.84 Å². The number of aryl methyl sites for hydroxylation is 2. The number of likely N-dealkylation sites (N-methyl/N-ethyl adjacent to an activating group) is 1. The van der Waals surface area contributed by atoms with Gasteiger partial charge in [0.2, 0.25) is 0 Å². The first-order valence-electron chi connectivity index (χ1n) is 8.97. The van der Waals surface area contributed by atoms with Crippen LogP contribution in [-0.2, 0) is 12.8 Å². The van der Waals surface area contributed by atoms with E-state index in [9.17, 15) is 5.11 Å². The van der Waals surface area contributed by atoms with Gasteiger partial charge in [-0.05, 0) is 50.4 Å². The van der Waals surface area contributed by atoms with E-state index in [4.69, 9.17) is 12.6 Å². The van der Waals surface area contributed by atoms with Crippen LogP contribution in [0.15, 0.2) is 36.4 Å². The predicted molar refractivity (Wildman–Crippen MR) is 105 cm³/mol. The zero-order valence-corrected chi connectivity index (χ0v) is 15.6. The first-order valence-corrected chi connectivity index (χ1v) is 8.97. The second-order valence-corrected chi connectivity index (χ2v) is 6.45. The molecule has 0 fully saturated rings. The summed E-state index contributed by atoms with van der Waals surface area (Å²) < 4.78 is 5.95. The molecule has 132 valence electrons. The van der Waals surface area contributed by atoms with E-state index < -0.39 is 0 Å². The average Bonchev–Trinajstić information content (AvgIpc) is 2.62. The van der Waals surface area contributed by atoms with Crippen LogP contribution < -0.4 is 4.74 Å². The van der Waals surface area contributed by atoms with E-state index in [2.05, 4.69) is 43.0 Å². The third-order valence-corrected chi connectivity index (χ3v) is 4.57. The molecule has 2 rings (SSSR count). The third kappa shape index (κ3) is 5.53. The normalized spacial score (nSPS) is 11.0. The van der Waals surface area contributed by atoms with Crippen LogP contribution in [0, 0.1) is 13.8 Å². The Morgan fingerprint density at radius 3 is 2.40 bits per heavy atom. The highest BCUT2D eigenvalue weighted by molar-refractivity contribution is 6.08. The topological polar surface area (TPSA) is 32.7 Å². The van der Waals surface area contributed by atoms with Crippen LogP contribution in [0.4, 0.5) is 0 Å². The standard InChI is InChI=1S/C21H28BNO2/c1-4-23(14-12-18-7-5-16(2)6-8-18)15-25-20-10-9-19(11-13-22)21(24)17(20)3/h5-10,24H,4,11-15H2,1-3H3. The molecule has 0 aliphatic heterocycles. The Morgan fingerprint density at radius 2 is 1.76 bits per heavy atom. The van der Waals surface area contributed by atoms with Gasteiger partial charge in [-0.3, -0.25) is 4.90 Å². The summed E-state index contributed by atoms with van der Waals surface area (Å²) in [6, 6.07) is 12.5. The Balaban J connectivity index is 1.91. The zero-order valence-electron chi connectivity index (χ0n) is 15.6. The van der Waals surface area contributed by atoms with E-state index >= 15 is 0 Å². The molecule has 0 saturated carbocycles. The lowest BCUT2D eigenvalue weighted by Crippen LogP contribution is -2.30. The SMILES string of the molecule is [B]CCc1ccc(OCN(CC)CCc2ccc(C)cc2)c(C)c1O. The highest BCUT2D eigenvalue weighted by atomic mass is 16.5. The minimum absolute atomic E-state index is 0.297. The van der Waals surface area contributed by atoms with Gasteiger partial charge in [0.05, 0.1) is 7.85 Å². The molecule has 0 aromatic heterocycles. The van der Waals surface area contributed by atoms with Crippen LogP contribution in [0.25, 0.3) is 0 Å². The Kier molecular flexibility index (Phi) is 7.39. The van der Waals surface area contributed by atoms with Crippen molar-refractivity contribution in [3.8, 4) is 11.5 Å². The second kappa shape index (κ2) is 9.52. The molecule has 0 heterocycles. The van der Waals surface area contributed by atoms with Gasteiger partial charge in [0.15, 0.2) is 0 Å². The number of phenols is 1. The van der Waals surface area contributed by atoms with Gasteiger partial charge in [-0.2, -0.15) is 0 Å². The van der Waals surface area contributed by atoms with Crippen LogP contribution in [0.1, 0.15) is 29.2 Å². The van der Waals surface area contributed by atoms with Crippen LogP contribution in [-0.4, -0.2) is 37.7 Å². The first-order chi connectivity index (χ1) is 12.0. The van der Waals surface area contributed by atoms with Crippen LogP contribution in [0.5, 0.6) is 11.5 Å². The maximum absolute atomic E-state index is 10.3. The summed E-state index contributed by atoms with van der Waals surface area (Å²) >= 11 is 0. The maximum Gasteiger partial charge on any atom is 0.142 e. The van der Waals surface area contributed by atoms with E-state index in [-0.39, 0.29) is 0 Å². The molecule has 0 spiro atoms. The summed E-state index contributed by atoms with van der Waals surface area (Å²) in [5.74, 6) is 1.03. The van der Waals surface area contributed by atoms with Gasteiger partial charge in [0.25, 0.3) is 0 Å². The number of phenolic OH excluding ortho intramolecular Hbond substituents is 1. The molecule has 4 heteroatoms. The number of nitrogens with zero attached hydrogens (tertiary/aromatic N) is 1. The van der Waals surface area contributed by atoms with Crippen molar-refractivity contribution in [3.05, 3.63) is 58.7 Å². The summed E-state index contributed by atoms with van der Waals surface area (Å²) in [5.41, 5.74) is 4.27. The van der Waals surface area contributed by atoms with Crippen LogP contribution in [0.2, 0.25) is 6.32 Å². The lowest BCUT2D eigenvalue weighted by molar-refractivity contribution is 0.132. The van der Waals surface area contributed by atoms with Gasteiger partial charge in [0.1, 0.15) is 18.2 Å². The number of aromatic hydroxyl groups is 1. The zero-order chi connectivity index (χ0) is 18.2. The smallest absolute Gasteiger partial charge is 0.142 e. The number of ether oxygens (including phenoxy) is 1.